The van der Waals surface area contributed by atoms with Gasteiger partial charge in [0.05, 0.1) is 0 Å². The first-order chi connectivity index (χ1) is 24.6. The number of rotatable bonds is 21. The number of benzene rings is 3. The minimum absolute atomic E-state index is 0.00958. The maximum Gasteiger partial charge on any atom is 0.233 e. The fraction of sp³-hybridized carbons (Fsp3) is 0.182. The molecule has 18 heteroatoms. The standard InChI is InChI=1S/C33H42N12O6/c1-19(37)49-26-8-5-23(17-29(26)48-15-12-36)41-32-43-31(40-22-4-7-25(46-13-10-34)28(16-22)47-14-11-35)44-33(45-32)42-24-6-9-27(50-20(2)38)30(18-24)51-21(3)39/h4-9,16-18H,1-3,10-15,34-39H2,(H3,40,41,42,43,44,45). The van der Waals surface area contributed by atoms with Crippen LogP contribution in [0, 0.1) is 0 Å². The Hall–Kier alpha value is -6.63. The van der Waals surface area contributed by atoms with Crippen molar-refractivity contribution in [1.82, 2.24) is 15.0 Å². The van der Waals surface area contributed by atoms with Crippen molar-refractivity contribution >= 4 is 34.9 Å². The van der Waals surface area contributed by atoms with E-state index < -0.39 is 0 Å². The molecule has 1 heterocycles. The van der Waals surface area contributed by atoms with Crippen LogP contribution in [0.1, 0.15) is 0 Å². The van der Waals surface area contributed by atoms with Gasteiger partial charge in [0, 0.05) is 54.9 Å². The molecule has 3 aromatic carbocycles. The molecule has 0 aliphatic carbocycles. The highest BCUT2D eigenvalue weighted by Gasteiger charge is 2.15. The molecule has 1 aromatic heterocycles. The Balaban J connectivity index is 1.73. The third-order valence-corrected chi connectivity index (χ3v) is 6.08. The van der Waals surface area contributed by atoms with Gasteiger partial charge in [-0.25, -0.2) is 0 Å². The van der Waals surface area contributed by atoms with Gasteiger partial charge in [-0.05, 0) is 56.1 Å². The fourth-order valence-corrected chi connectivity index (χ4v) is 4.21. The van der Waals surface area contributed by atoms with Crippen molar-refractivity contribution in [1.29, 1.82) is 0 Å². The second-order valence-electron chi connectivity index (χ2n) is 10.3. The second-order valence-corrected chi connectivity index (χ2v) is 10.3. The van der Waals surface area contributed by atoms with Crippen molar-refractivity contribution in [2.75, 3.05) is 55.4 Å². The van der Waals surface area contributed by atoms with E-state index in [1.54, 1.807) is 54.6 Å². The highest BCUT2D eigenvalue weighted by Crippen LogP contribution is 2.35. The predicted molar refractivity (Wildman–Crippen MR) is 195 cm³/mol. The average molecular weight is 703 g/mol. The molecule has 0 bridgehead atoms. The SMILES string of the molecule is C=C(N)Oc1ccc(Nc2nc(Nc3ccc(OCCN)c(OCCN)c3)nc(Nc3ccc(OC(=C)N)c(OC(=C)N)c3)n2)cc1OCCN. The van der Waals surface area contributed by atoms with Crippen LogP contribution in [-0.4, -0.2) is 54.4 Å². The molecule has 4 rings (SSSR count). The summed E-state index contributed by atoms with van der Waals surface area (Å²) in [5, 5.41) is 9.48. The molecular weight excluding hydrogens is 660 g/mol. The van der Waals surface area contributed by atoms with Crippen molar-refractivity contribution in [3.05, 3.63) is 92.0 Å². The lowest BCUT2D eigenvalue weighted by Crippen LogP contribution is -2.14. The van der Waals surface area contributed by atoms with Crippen LogP contribution in [0.5, 0.6) is 34.5 Å². The van der Waals surface area contributed by atoms with Gasteiger partial charge in [-0.2, -0.15) is 15.0 Å². The molecule has 0 saturated heterocycles. The molecule has 0 aliphatic rings. The van der Waals surface area contributed by atoms with Gasteiger partial charge >= 0.3 is 0 Å². The zero-order valence-corrected chi connectivity index (χ0v) is 27.8. The molecule has 15 N–H and O–H groups in total. The summed E-state index contributed by atoms with van der Waals surface area (Å²) in [7, 11) is 0. The highest BCUT2D eigenvalue weighted by molar-refractivity contribution is 5.66. The van der Waals surface area contributed by atoms with E-state index in [-0.39, 0.29) is 66.8 Å². The zero-order chi connectivity index (χ0) is 36.8. The van der Waals surface area contributed by atoms with Crippen LogP contribution < -0.4 is 78.8 Å². The third kappa shape index (κ3) is 11.5. The van der Waals surface area contributed by atoms with Crippen molar-refractivity contribution in [3.63, 3.8) is 0 Å². The molecule has 0 saturated carbocycles. The highest BCUT2D eigenvalue weighted by atomic mass is 16.5. The fourth-order valence-electron chi connectivity index (χ4n) is 4.21. The first-order valence-corrected chi connectivity index (χ1v) is 15.4. The van der Waals surface area contributed by atoms with Gasteiger partial charge in [0.15, 0.2) is 52.1 Å². The number of hydrogen-bond donors (Lipinski definition) is 9. The molecule has 0 radical (unpaired) electrons. The number of anilines is 6. The van der Waals surface area contributed by atoms with Crippen LogP contribution >= 0.6 is 0 Å². The minimum Gasteiger partial charge on any atom is -0.488 e. The van der Waals surface area contributed by atoms with E-state index in [2.05, 4.69) is 50.6 Å². The Morgan fingerprint density at radius 3 is 1.18 bits per heavy atom. The first kappa shape index (κ1) is 37.2. The van der Waals surface area contributed by atoms with Crippen molar-refractivity contribution in [2.24, 2.45) is 34.4 Å². The van der Waals surface area contributed by atoms with Crippen LogP contribution in [0.25, 0.3) is 0 Å². The Morgan fingerprint density at radius 2 is 0.784 bits per heavy atom. The lowest BCUT2D eigenvalue weighted by molar-refractivity contribution is 0.278. The number of ether oxygens (including phenoxy) is 6. The summed E-state index contributed by atoms with van der Waals surface area (Å²) in [5.74, 6) is 2.42. The van der Waals surface area contributed by atoms with Crippen molar-refractivity contribution < 1.29 is 28.4 Å². The summed E-state index contributed by atoms with van der Waals surface area (Å²) >= 11 is 0. The Morgan fingerprint density at radius 1 is 0.471 bits per heavy atom. The normalized spacial score (nSPS) is 10.4. The maximum atomic E-state index is 5.81. The summed E-state index contributed by atoms with van der Waals surface area (Å²) in [6.45, 7) is 12.4. The smallest absolute Gasteiger partial charge is 0.233 e. The van der Waals surface area contributed by atoms with Crippen LogP contribution in [0.3, 0.4) is 0 Å². The molecule has 0 amide bonds. The van der Waals surface area contributed by atoms with Crippen LogP contribution in [0.4, 0.5) is 34.9 Å². The summed E-state index contributed by atoms with van der Waals surface area (Å²) in [6, 6.07) is 15.1. The van der Waals surface area contributed by atoms with Crippen LogP contribution in [0.15, 0.2) is 92.0 Å². The number of nitrogens with one attached hydrogen (secondary N) is 3. The van der Waals surface area contributed by atoms with Gasteiger partial charge < -0.3 is 78.8 Å². The molecule has 0 fully saturated rings. The number of nitrogens with two attached hydrogens (primary N) is 6. The molecule has 0 aliphatic heterocycles. The maximum absolute atomic E-state index is 5.81. The lowest BCUT2D eigenvalue weighted by Gasteiger charge is -2.16. The zero-order valence-electron chi connectivity index (χ0n) is 27.8. The van der Waals surface area contributed by atoms with E-state index in [9.17, 15) is 0 Å². The van der Waals surface area contributed by atoms with E-state index in [1.165, 1.54) is 0 Å². The van der Waals surface area contributed by atoms with Gasteiger partial charge in [0.25, 0.3) is 0 Å². The summed E-state index contributed by atoms with van der Waals surface area (Å²) in [6.07, 6.45) is 0. The average Bonchev–Trinajstić information content (AvgIpc) is 3.07. The molecule has 270 valence electrons. The molecule has 4 aromatic rings. The number of nitrogens with zero attached hydrogens (tertiary/aromatic N) is 3. The van der Waals surface area contributed by atoms with Gasteiger partial charge in [-0.1, -0.05) is 0 Å². The Bertz CT molecular complexity index is 1840. The van der Waals surface area contributed by atoms with Gasteiger partial charge in [-0.15, -0.1) is 0 Å². The minimum atomic E-state index is -0.0750. The van der Waals surface area contributed by atoms with Gasteiger partial charge in [-0.3, -0.25) is 0 Å². The molecule has 18 nitrogen and oxygen atoms in total. The number of aromatic nitrogens is 3. The van der Waals surface area contributed by atoms with Crippen LogP contribution in [0.2, 0.25) is 0 Å². The number of hydrogen-bond acceptors (Lipinski definition) is 18. The largest absolute Gasteiger partial charge is 0.488 e. The van der Waals surface area contributed by atoms with E-state index in [1.807, 2.05) is 0 Å². The van der Waals surface area contributed by atoms with E-state index in [0.29, 0.717) is 59.8 Å². The van der Waals surface area contributed by atoms with E-state index >= 15 is 0 Å². The second kappa shape index (κ2) is 18.2. The monoisotopic (exact) mass is 702 g/mol. The van der Waals surface area contributed by atoms with Gasteiger partial charge in [0.1, 0.15) is 19.8 Å². The molecular formula is C33H42N12O6. The van der Waals surface area contributed by atoms with Crippen LogP contribution in [-0.2, 0) is 0 Å². The molecule has 51 heavy (non-hydrogen) atoms. The molecule has 0 spiro atoms. The van der Waals surface area contributed by atoms with E-state index in [0.717, 1.165) is 0 Å². The lowest BCUT2D eigenvalue weighted by atomic mass is 10.2. The third-order valence-electron chi connectivity index (χ3n) is 6.08. The first-order valence-electron chi connectivity index (χ1n) is 15.4. The summed E-state index contributed by atoms with van der Waals surface area (Å²) < 4.78 is 33.8. The molecule has 0 unspecified atom stereocenters. The molecule has 0 atom stereocenters. The Labute approximate surface area is 294 Å². The predicted octanol–water partition coefficient (Wildman–Crippen LogP) is 2.54. The summed E-state index contributed by atoms with van der Waals surface area (Å²) in [5.41, 5.74) is 35.5. The summed E-state index contributed by atoms with van der Waals surface area (Å²) in [4.78, 5) is 13.7. The van der Waals surface area contributed by atoms with Crippen molar-refractivity contribution in [3.8, 4) is 34.5 Å². The Kier molecular flexibility index (Phi) is 13.3. The quantitative estimate of drug-likeness (QED) is 0.0564. The van der Waals surface area contributed by atoms with Crippen molar-refractivity contribution in [2.45, 2.75) is 0 Å². The topological polar surface area (TPSA) is 286 Å². The van der Waals surface area contributed by atoms with Gasteiger partial charge in [0.2, 0.25) is 17.8 Å². The van der Waals surface area contributed by atoms with E-state index in [4.69, 9.17) is 62.8 Å².